The molecule has 1 heterocycles. The largest absolute Gasteiger partial charge is 0.485 e. The fourth-order valence-corrected chi connectivity index (χ4v) is 2.06. The molecule has 0 atom stereocenters. The average molecular weight is 259 g/mol. The highest BCUT2D eigenvalue weighted by Crippen LogP contribution is 2.23. The maximum Gasteiger partial charge on any atom is 0.164 e. The lowest BCUT2D eigenvalue weighted by Gasteiger charge is -2.13. The van der Waals surface area contributed by atoms with Gasteiger partial charge in [0.1, 0.15) is 18.7 Å². The van der Waals surface area contributed by atoms with Gasteiger partial charge in [-0.3, -0.25) is 0 Å². The molecule has 0 bridgehead atoms. The Morgan fingerprint density at radius 1 is 1.21 bits per heavy atom. The number of rotatable bonds is 5. The molecule has 102 valence electrons. The van der Waals surface area contributed by atoms with Crippen LogP contribution in [0.5, 0.6) is 5.75 Å². The van der Waals surface area contributed by atoms with Gasteiger partial charge in [0.25, 0.3) is 0 Å². The number of aryl methyl sites for hydroxylation is 2. The van der Waals surface area contributed by atoms with E-state index in [1.165, 1.54) is 0 Å². The summed E-state index contributed by atoms with van der Waals surface area (Å²) < 4.78 is 7.83. The Bertz CT molecular complexity index is 526. The summed E-state index contributed by atoms with van der Waals surface area (Å²) in [6.45, 7) is 9.77. The van der Waals surface area contributed by atoms with Gasteiger partial charge < -0.3 is 4.74 Å². The molecule has 0 aliphatic heterocycles. The number of hydrogen-bond acceptors (Lipinski definition) is 3. The number of ether oxygens (including phenoxy) is 1. The Labute approximate surface area is 114 Å². The molecule has 4 nitrogen and oxygen atoms in total. The third-order valence-electron chi connectivity index (χ3n) is 2.99. The number of para-hydroxylation sites is 1. The first-order valence-electron chi connectivity index (χ1n) is 6.63. The summed E-state index contributed by atoms with van der Waals surface area (Å²) in [5, 5.41) is 4.24. The summed E-state index contributed by atoms with van der Waals surface area (Å²) in [6, 6.07) is 6.15. The summed E-state index contributed by atoms with van der Waals surface area (Å²) in [6.07, 6.45) is 1.59. The van der Waals surface area contributed by atoms with E-state index in [1.807, 2.05) is 10.7 Å². The highest BCUT2D eigenvalue weighted by Gasteiger charge is 2.09. The molecule has 0 radical (unpaired) electrons. The first-order chi connectivity index (χ1) is 9.08. The van der Waals surface area contributed by atoms with Crippen LogP contribution in [0, 0.1) is 19.8 Å². The summed E-state index contributed by atoms with van der Waals surface area (Å²) >= 11 is 0. The highest BCUT2D eigenvalue weighted by atomic mass is 16.5. The molecule has 0 spiro atoms. The van der Waals surface area contributed by atoms with E-state index in [0.29, 0.717) is 12.5 Å². The van der Waals surface area contributed by atoms with Crippen LogP contribution in [-0.2, 0) is 13.2 Å². The lowest BCUT2D eigenvalue weighted by molar-refractivity contribution is 0.279. The van der Waals surface area contributed by atoms with E-state index in [-0.39, 0.29) is 0 Å². The van der Waals surface area contributed by atoms with Gasteiger partial charge in [-0.05, 0) is 30.9 Å². The third kappa shape index (κ3) is 3.34. The zero-order valence-electron chi connectivity index (χ0n) is 12.1. The van der Waals surface area contributed by atoms with Gasteiger partial charge in [-0.1, -0.05) is 32.0 Å². The monoisotopic (exact) mass is 259 g/mol. The van der Waals surface area contributed by atoms with E-state index in [1.54, 1.807) is 6.33 Å². The minimum absolute atomic E-state index is 0.457. The van der Waals surface area contributed by atoms with Crippen LogP contribution in [0.3, 0.4) is 0 Å². The molecular weight excluding hydrogens is 238 g/mol. The fraction of sp³-hybridized carbons (Fsp3) is 0.467. The molecule has 0 N–H and O–H groups in total. The Kier molecular flexibility index (Phi) is 4.20. The second-order valence-electron chi connectivity index (χ2n) is 5.26. The van der Waals surface area contributed by atoms with Crippen molar-refractivity contribution in [3.63, 3.8) is 0 Å². The summed E-state index contributed by atoms with van der Waals surface area (Å²) in [7, 11) is 0. The van der Waals surface area contributed by atoms with Gasteiger partial charge in [0.05, 0.1) is 0 Å². The van der Waals surface area contributed by atoms with Gasteiger partial charge in [0, 0.05) is 6.54 Å². The van der Waals surface area contributed by atoms with Crippen LogP contribution >= 0.6 is 0 Å². The zero-order valence-corrected chi connectivity index (χ0v) is 12.1. The SMILES string of the molecule is Cc1cccc(C)c1OCc1ncnn1CC(C)C. The molecule has 0 amide bonds. The minimum Gasteiger partial charge on any atom is -0.485 e. The van der Waals surface area contributed by atoms with Crippen molar-refractivity contribution >= 4 is 0 Å². The second kappa shape index (κ2) is 5.87. The molecule has 0 saturated heterocycles. The second-order valence-corrected chi connectivity index (χ2v) is 5.26. The molecule has 2 aromatic rings. The maximum absolute atomic E-state index is 5.91. The van der Waals surface area contributed by atoms with Gasteiger partial charge in [-0.2, -0.15) is 5.10 Å². The molecule has 2 rings (SSSR count). The Hall–Kier alpha value is -1.84. The topological polar surface area (TPSA) is 39.9 Å². The van der Waals surface area contributed by atoms with Gasteiger partial charge in [0.15, 0.2) is 5.82 Å². The normalized spacial score (nSPS) is 11.0. The van der Waals surface area contributed by atoms with Gasteiger partial charge in [-0.15, -0.1) is 0 Å². The number of nitrogens with zero attached hydrogens (tertiary/aromatic N) is 3. The van der Waals surface area contributed by atoms with Gasteiger partial charge >= 0.3 is 0 Å². The fourth-order valence-electron chi connectivity index (χ4n) is 2.06. The molecule has 0 fully saturated rings. The predicted octanol–water partition coefficient (Wildman–Crippen LogP) is 3.13. The molecular formula is C15H21N3O. The Balaban J connectivity index is 2.09. The molecule has 0 aliphatic carbocycles. The number of aromatic nitrogens is 3. The maximum atomic E-state index is 5.91. The van der Waals surface area contributed by atoms with Crippen molar-refractivity contribution in [2.45, 2.75) is 40.8 Å². The van der Waals surface area contributed by atoms with Crippen LogP contribution < -0.4 is 4.74 Å². The number of hydrogen-bond donors (Lipinski definition) is 0. The quantitative estimate of drug-likeness (QED) is 0.828. The summed E-state index contributed by atoms with van der Waals surface area (Å²) in [5.41, 5.74) is 2.30. The minimum atomic E-state index is 0.457. The van der Waals surface area contributed by atoms with Crippen molar-refractivity contribution in [1.29, 1.82) is 0 Å². The van der Waals surface area contributed by atoms with E-state index in [2.05, 4.69) is 49.9 Å². The molecule has 1 aromatic carbocycles. The van der Waals surface area contributed by atoms with Crippen LogP contribution in [0.25, 0.3) is 0 Å². The third-order valence-corrected chi connectivity index (χ3v) is 2.99. The van der Waals surface area contributed by atoms with Crippen molar-refractivity contribution < 1.29 is 4.74 Å². The van der Waals surface area contributed by atoms with Gasteiger partial charge in [0.2, 0.25) is 0 Å². The summed E-state index contributed by atoms with van der Waals surface area (Å²) in [4.78, 5) is 4.27. The average Bonchev–Trinajstić information content (AvgIpc) is 2.75. The summed E-state index contributed by atoms with van der Waals surface area (Å²) in [5.74, 6) is 2.36. The zero-order chi connectivity index (χ0) is 13.8. The van der Waals surface area contributed by atoms with Crippen molar-refractivity contribution in [2.75, 3.05) is 0 Å². The van der Waals surface area contributed by atoms with Crippen molar-refractivity contribution in [3.05, 3.63) is 41.5 Å². The van der Waals surface area contributed by atoms with Crippen molar-refractivity contribution in [1.82, 2.24) is 14.8 Å². The lowest BCUT2D eigenvalue weighted by Crippen LogP contribution is -2.12. The smallest absolute Gasteiger partial charge is 0.164 e. The standard InChI is InChI=1S/C15H21N3O/c1-11(2)8-18-14(16-10-17-18)9-19-15-12(3)6-5-7-13(15)4/h5-7,10-11H,8-9H2,1-4H3. The van der Waals surface area contributed by atoms with E-state index in [4.69, 9.17) is 4.74 Å². The van der Waals surface area contributed by atoms with E-state index in [9.17, 15) is 0 Å². The van der Waals surface area contributed by atoms with E-state index in [0.717, 1.165) is 29.2 Å². The van der Waals surface area contributed by atoms with Crippen LogP contribution in [0.1, 0.15) is 30.8 Å². The van der Waals surface area contributed by atoms with Crippen LogP contribution in [-0.4, -0.2) is 14.8 Å². The molecule has 0 aliphatic rings. The molecule has 0 unspecified atom stereocenters. The van der Waals surface area contributed by atoms with Crippen molar-refractivity contribution in [2.24, 2.45) is 5.92 Å². The van der Waals surface area contributed by atoms with E-state index >= 15 is 0 Å². The Morgan fingerprint density at radius 3 is 2.53 bits per heavy atom. The van der Waals surface area contributed by atoms with Crippen LogP contribution in [0.4, 0.5) is 0 Å². The molecule has 1 aromatic heterocycles. The van der Waals surface area contributed by atoms with Crippen molar-refractivity contribution in [3.8, 4) is 5.75 Å². The van der Waals surface area contributed by atoms with Crippen LogP contribution in [0.2, 0.25) is 0 Å². The first-order valence-corrected chi connectivity index (χ1v) is 6.63. The molecule has 0 saturated carbocycles. The highest BCUT2D eigenvalue weighted by molar-refractivity contribution is 5.39. The number of benzene rings is 1. The van der Waals surface area contributed by atoms with E-state index < -0.39 is 0 Å². The van der Waals surface area contributed by atoms with Gasteiger partial charge in [-0.25, -0.2) is 9.67 Å². The van der Waals surface area contributed by atoms with Crippen LogP contribution in [0.15, 0.2) is 24.5 Å². The first kappa shape index (κ1) is 13.6. The molecule has 4 heteroatoms. The lowest BCUT2D eigenvalue weighted by atomic mass is 10.1. The predicted molar refractivity (Wildman–Crippen MR) is 75.1 cm³/mol. The Morgan fingerprint density at radius 2 is 1.89 bits per heavy atom. The molecule has 19 heavy (non-hydrogen) atoms.